The fraction of sp³-hybridized carbons (Fsp3) is 0.115. The molecule has 4 aromatic rings. The smallest absolute Gasteiger partial charge is 0.255 e. The van der Waals surface area contributed by atoms with Gasteiger partial charge in [0, 0.05) is 11.3 Å². The van der Waals surface area contributed by atoms with E-state index < -0.39 is 11.6 Å². The molecule has 1 aromatic heterocycles. The summed E-state index contributed by atoms with van der Waals surface area (Å²) in [7, 11) is 1.59. The quantitative estimate of drug-likeness (QED) is 0.415. The predicted molar refractivity (Wildman–Crippen MR) is 128 cm³/mol. The number of aromatic amines is 1. The molecule has 1 aliphatic rings. The summed E-state index contributed by atoms with van der Waals surface area (Å²) in [5.41, 5.74) is 3.58. The molecule has 3 aromatic carbocycles. The van der Waals surface area contributed by atoms with Gasteiger partial charge in [0.1, 0.15) is 11.6 Å². The third kappa shape index (κ3) is 4.74. The summed E-state index contributed by atoms with van der Waals surface area (Å²) in [5.74, 6) is -1.10. The maximum Gasteiger partial charge on any atom is 0.255 e. The van der Waals surface area contributed by atoms with Crippen molar-refractivity contribution in [2.75, 3.05) is 12.4 Å². The first-order chi connectivity index (χ1) is 17.0. The number of imidazole rings is 1. The van der Waals surface area contributed by atoms with E-state index >= 15 is 0 Å². The third-order valence-electron chi connectivity index (χ3n) is 5.63. The molecule has 2 heterocycles. The normalized spacial score (nSPS) is 12.4. The average Bonchev–Trinajstić information content (AvgIpc) is 3.30. The number of ether oxygens (including phenoxy) is 1. The highest BCUT2D eigenvalue weighted by atomic mass is 19.2. The number of methoxy groups -OCH3 is 1. The highest BCUT2D eigenvalue weighted by molar-refractivity contribution is 6.04. The van der Waals surface area contributed by atoms with Crippen LogP contribution in [-0.4, -0.2) is 34.2 Å². The van der Waals surface area contributed by atoms with Crippen LogP contribution in [0.1, 0.15) is 27.3 Å². The van der Waals surface area contributed by atoms with E-state index in [2.05, 4.69) is 20.4 Å². The molecule has 0 fully saturated rings. The first kappa shape index (κ1) is 22.3. The summed E-state index contributed by atoms with van der Waals surface area (Å²) >= 11 is 0. The van der Waals surface area contributed by atoms with Crippen molar-refractivity contribution in [3.63, 3.8) is 0 Å². The molecule has 9 heteroatoms. The number of hydrogen-bond acceptors (Lipinski definition) is 5. The average molecular weight is 473 g/mol. The topological polar surface area (TPSA) is 82.6 Å². The van der Waals surface area contributed by atoms with Crippen LogP contribution >= 0.6 is 0 Å². The fourth-order valence-electron chi connectivity index (χ4n) is 3.76. The lowest BCUT2D eigenvalue weighted by Gasteiger charge is -2.21. The van der Waals surface area contributed by atoms with Crippen LogP contribution in [-0.2, 0) is 13.1 Å². The van der Waals surface area contributed by atoms with E-state index in [-0.39, 0.29) is 17.3 Å². The lowest BCUT2D eigenvalue weighted by Crippen LogP contribution is -2.21. The number of nitrogens with zero attached hydrogens (tertiary/aromatic N) is 3. The van der Waals surface area contributed by atoms with Crippen molar-refractivity contribution in [3.8, 4) is 17.1 Å². The van der Waals surface area contributed by atoms with Crippen molar-refractivity contribution in [3.05, 3.63) is 101 Å². The van der Waals surface area contributed by atoms with Gasteiger partial charge in [-0.05, 0) is 54.1 Å². The lowest BCUT2D eigenvalue weighted by molar-refractivity contribution is 0.102. The molecule has 0 spiro atoms. The Morgan fingerprint density at radius 3 is 2.60 bits per heavy atom. The van der Waals surface area contributed by atoms with Crippen LogP contribution in [0.4, 0.5) is 14.5 Å². The van der Waals surface area contributed by atoms with Crippen LogP contribution in [0.3, 0.4) is 0 Å². The second-order valence-electron chi connectivity index (χ2n) is 7.99. The van der Waals surface area contributed by atoms with Gasteiger partial charge in [-0.1, -0.05) is 18.2 Å². The number of hydrazone groups is 1. The Kier molecular flexibility index (Phi) is 5.97. The molecule has 5 rings (SSSR count). The number of aromatic nitrogens is 2. The maximum absolute atomic E-state index is 14.1. The van der Waals surface area contributed by atoms with Gasteiger partial charge in [-0.3, -0.25) is 9.80 Å². The molecule has 0 bridgehead atoms. The number of nitrogens with one attached hydrogen (secondary N) is 2. The minimum absolute atomic E-state index is 0.0721. The SMILES string of the molecule is COc1ccc(NC(=O)c2ccc(CN3Cc4nc(-c5cccc(F)c5F)[nH]c4C=N3)cc2)cc1. The van der Waals surface area contributed by atoms with Crippen molar-refractivity contribution in [2.45, 2.75) is 13.1 Å². The Bertz CT molecular complexity index is 1400. The molecule has 0 aliphatic carbocycles. The van der Waals surface area contributed by atoms with Crippen molar-refractivity contribution in [1.82, 2.24) is 15.0 Å². The van der Waals surface area contributed by atoms with E-state index in [0.29, 0.717) is 41.5 Å². The van der Waals surface area contributed by atoms with Crippen LogP contribution < -0.4 is 10.1 Å². The fourth-order valence-corrected chi connectivity index (χ4v) is 3.76. The van der Waals surface area contributed by atoms with Crippen LogP contribution in [0.25, 0.3) is 11.4 Å². The standard InChI is InChI=1S/C26H21F2N5O2/c1-35-19-11-9-18(10-12-19)30-26(34)17-7-5-16(6-8-17)14-33-15-23-22(13-29-33)31-25(32-23)20-3-2-4-21(27)24(20)28/h2-13H,14-15H2,1H3,(H,30,34)(H,31,32). The van der Waals surface area contributed by atoms with Crippen LogP contribution in [0, 0.1) is 11.6 Å². The number of amides is 1. The molecule has 0 radical (unpaired) electrons. The Hall–Kier alpha value is -4.53. The summed E-state index contributed by atoms with van der Waals surface area (Å²) < 4.78 is 32.9. The Morgan fingerprint density at radius 1 is 1.09 bits per heavy atom. The molecule has 1 amide bonds. The molecule has 0 atom stereocenters. The van der Waals surface area contributed by atoms with E-state index in [0.717, 1.165) is 11.6 Å². The van der Waals surface area contributed by atoms with Gasteiger partial charge in [-0.15, -0.1) is 0 Å². The molecular formula is C26H21F2N5O2. The van der Waals surface area contributed by atoms with E-state index in [9.17, 15) is 13.6 Å². The number of carbonyl (C=O) groups is 1. The highest BCUT2D eigenvalue weighted by Gasteiger charge is 2.20. The number of benzene rings is 3. The van der Waals surface area contributed by atoms with Gasteiger partial charge in [0.15, 0.2) is 11.6 Å². The zero-order chi connectivity index (χ0) is 24.4. The van der Waals surface area contributed by atoms with Crippen molar-refractivity contribution >= 4 is 17.8 Å². The number of fused-ring (bicyclic) bond motifs is 1. The second-order valence-corrected chi connectivity index (χ2v) is 7.99. The van der Waals surface area contributed by atoms with Crippen LogP contribution in [0.15, 0.2) is 71.8 Å². The third-order valence-corrected chi connectivity index (χ3v) is 5.63. The number of halogens is 2. The van der Waals surface area contributed by atoms with Gasteiger partial charge in [0.2, 0.25) is 0 Å². The van der Waals surface area contributed by atoms with Crippen LogP contribution in [0.2, 0.25) is 0 Å². The van der Waals surface area contributed by atoms with Gasteiger partial charge in [-0.2, -0.15) is 5.10 Å². The van der Waals surface area contributed by atoms with E-state index in [1.54, 1.807) is 54.7 Å². The molecule has 0 unspecified atom stereocenters. The minimum atomic E-state index is -0.941. The molecule has 7 nitrogen and oxygen atoms in total. The predicted octanol–water partition coefficient (Wildman–Crippen LogP) is 4.97. The first-order valence-electron chi connectivity index (χ1n) is 10.9. The summed E-state index contributed by atoms with van der Waals surface area (Å²) in [4.78, 5) is 20.0. The van der Waals surface area contributed by atoms with E-state index in [1.807, 2.05) is 12.1 Å². The van der Waals surface area contributed by atoms with Crippen molar-refractivity contribution in [1.29, 1.82) is 0 Å². The molecule has 2 N–H and O–H groups in total. The second kappa shape index (κ2) is 9.38. The number of anilines is 1. The minimum Gasteiger partial charge on any atom is -0.497 e. The molecule has 0 saturated carbocycles. The summed E-state index contributed by atoms with van der Waals surface area (Å²) in [6.45, 7) is 0.895. The summed E-state index contributed by atoms with van der Waals surface area (Å²) in [5, 5.41) is 9.08. The van der Waals surface area contributed by atoms with Gasteiger partial charge in [0.25, 0.3) is 5.91 Å². The zero-order valence-corrected chi connectivity index (χ0v) is 18.8. The number of H-pyrrole nitrogens is 1. The van der Waals surface area contributed by atoms with E-state index in [4.69, 9.17) is 4.74 Å². The lowest BCUT2D eigenvalue weighted by atomic mass is 10.1. The van der Waals surface area contributed by atoms with Gasteiger partial charge >= 0.3 is 0 Å². The number of hydrogen-bond donors (Lipinski definition) is 2. The molecule has 1 aliphatic heterocycles. The Labute approximate surface area is 200 Å². The van der Waals surface area contributed by atoms with Gasteiger partial charge in [0.05, 0.1) is 43.4 Å². The Balaban J connectivity index is 1.23. The van der Waals surface area contributed by atoms with Gasteiger partial charge < -0.3 is 15.0 Å². The van der Waals surface area contributed by atoms with Crippen molar-refractivity contribution < 1.29 is 18.3 Å². The van der Waals surface area contributed by atoms with Gasteiger partial charge in [-0.25, -0.2) is 13.8 Å². The molecule has 35 heavy (non-hydrogen) atoms. The monoisotopic (exact) mass is 473 g/mol. The number of carbonyl (C=O) groups excluding carboxylic acids is 1. The summed E-state index contributed by atoms with van der Waals surface area (Å²) in [6, 6.07) is 18.3. The maximum atomic E-state index is 14.1. The number of rotatable bonds is 6. The largest absolute Gasteiger partial charge is 0.497 e. The Morgan fingerprint density at radius 2 is 1.86 bits per heavy atom. The summed E-state index contributed by atoms with van der Waals surface area (Å²) in [6.07, 6.45) is 1.61. The van der Waals surface area contributed by atoms with Crippen molar-refractivity contribution in [2.24, 2.45) is 5.10 Å². The van der Waals surface area contributed by atoms with E-state index in [1.165, 1.54) is 12.1 Å². The van der Waals surface area contributed by atoms with Crippen LogP contribution in [0.5, 0.6) is 5.75 Å². The first-order valence-corrected chi connectivity index (χ1v) is 10.9. The zero-order valence-electron chi connectivity index (χ0n) is 18.8. The highest BCUT2D eigenvalue weighted by Crippen LogP contribution is 2.25. The molecule has 176 valence electrons. The molecule has 0 saturated heterocycles. The molecular weight excluding hydrogens is 452 g/mol.